The van der Waals surface area contributed by atoms with Crippen molar-refractivity contribution < 1.29 is 19.1 Å². The zero-order valence-electron chi connectivity index (χ0n) is 9.48. The van der Waals surface area contributed by atoms with Gasteiger partial charge >= 0.3 is 0 Å². The van der Waals surface area contributed by atoms with Gasteiger partial charge in [-0.25, -0.2) is 9.29 Å². The molecule has 0 saturated carbocycles. The van der Waals surface area contributed by atoms with E-state index in [1.807, 2.05) is 0 Å². The summed E-state index contributed by atoms with van der Waals surface area (Å²) >= 11 is 0. The second kappa shape index (κ2) is 3.84. The Balaban J connectivity index is 2.43. The van der Waals surface area contributed by atoms with Crippen molar-refractivity contribution in [3.05, 3.63) is 24.0 Å². The van der Waals surface area contributed by atoms with Gasteiger partial charge in [0.15, 0.2) is 11.6 Å². The number of nitrogens with zero attached hydrogens (tertiary/aromatic N) is 1. The van der Waals surface area contributed by atoms with Gasteiger partial charge in [-0.2, -0.15) is 0 Å². The molecule has 4 nitrogen and oxygen atoms in total. The summed E-state index contributed by atoms with van der Waals surface area (Å²) in [6.45, 7) is 3.34. The Morgan fingerprint density at radius 2 is 1.71 bits per heavy atom. The van der Waals surface area contributed by atoms with Gasteiger partial charge in [-0.15, -0.1) is 0 Å². The summed E-state index contributed by atoms with van der Waals surface area (Å²) in [5.74, 6) is -2.84. The van der Waals surface area contributed by atoms with Crippen molar-refractivity contribution in [1.82, 2.24) is 0 Å². The number of rotatable bonds is 1. The normalized spacial score (nSPS) is 24.5. The van der Waals surface area contributed by atoms with E-state index in [0.717, 1.165) is 17.0 Å². The molecule has 2 atom stereocenters. The van der Waals surface area contributed by atoms with Gasteiger partial charge in [-0.3, -0.25) is 9.59 Å². The van der Waals surface area contributed by atoms with Crippen LogP contribution in [0.1, 0.15) is 13.8 Å². The molecule has 0 bridgehead atoms. The number of carbonyl (C=O) groups is 2. The first-order valence-electron chi connectivity index (χ1n) is 5.30. The molecule has 1 aliphatic heterocycles. The van der Waals surface area contributed by atoms with Crippen molar-refractivity contribution in [2.24, 2.45) is 11.8 Å². The molecule has 1 heterocycles. The van der Waals surface area contributed by atoms with Gasteiger partial charge in [0.1, 0.15) is 0 Å². The van der Waals surface area contributed by atoms with Crippen LogP contribution >= 0.6 is 0 Å². The molecule has 0 aromatic heterocycles. The van der Waals surface area contributed by atoms with Crippen molar-refractivity contribution in [3.63, 3.8) is 0 Å². The van der Waals surface area contributed by atoms with Gasteiger partial charge in [-0.1, -0.05) is 13.8 Å². The fourth-order valence-electron chi connectivity index (χ4n) is 1.83. The minimum Gasteiger partial charge on any atom is -0.505 e. The molecule has 2 unspecified atom stereocenters. The lowest BCUT2D eigenvalue weighted by Crippen LogP contribution is -2.30. The average molecular weight is 237 g/mol. The average Bonchev–Trinajstić information content (AvgIpc) is 2.48. The number of amides is 2. The van der Waals surface area contributed by atoms with Crippen molar-refractivity contribution in [1.29, 1.82) is 0 Å². The maximum atomic E-state index is 13.2. The molecule has 0 radical (unpaired) electrons. The summed E-state index contributed by atoms with van der Waals surface area (Å²) in [5.41, 5.74) is 0.159. The minimum atomic E-state index is -0.852. The Kier molecular flexibility index (Phi) is 2.61. The van der Waals surface area contributed by atoms with E-state index in [-0.39, 0.29) is 17.5 Å². The Morgan fingerprint density at radius 3 is 2.18 bits per heavy atom. The topological polar surface area (TPSA) is 57.6 Å². The molecule has 0 spiro atoms. The van der Waals surface area contributed by atoms with Gasteiger partial charge in [-0.05, 0) is 12.1 Å². The Bertz CT molecular complexity index is 481. The lowest BCUT2D eigenvalue weighted by atomic mass is 10.00. The third-order valence-electron chi connectivity index (χ3n) is 3.16. The van der Waals surface area contributed by atoms with Crippen LogP contribution in [0.4, 0.5) is 10.1 Å². The van der Waals surface area contributed by atoms with E-state index in [1.54, 1.807) is 13.8 Å². The number of aromatic hydroxyl groups is 1. The number of hydrogen-bond acceptors (Lipinski definition) is 3. The van der Waals surface area contributed by atoms with Gasteiger partial charge in [0.2, 0.25) is 11.8 Å². The highest BCUT2D eigenvalue weighted by atomic mass is 19.1. The highest BCUT2D eigenvalue weighted by Gasteiger charge is 2.43. The summed E-state index contributed by atoms with van der Waals surface area (Å²) in [6.07, 6.45) is 0. The zero-order valence-corrected chi connectivity index (χ0v) is 9.48. The van der Waals surface area contributed by atoms with E-state index in [2.05, 4.69) is 0 Å². The van der Waals surface area contributed by atoms with E-state index >= 15 is 0 Å². The van der Waals surface area contributed by atoms with E-state index in [9.17, 15) is 14.0 Å². The molecule has 2 rings (SSSR count). The standard InChI is InChI=1S/C12H12FNO3/c1-6-7(2)12(17)14(11(6)16)8-3-4-10(15)9(13)5-8/h3-7,15H,1-2H3. The second-order valence-electron chi connectivity index (χ2n) is 4.22. The molecule has 0 aliphatic carbocycles. The lowest BCUT2D eigenvalue weighted by Gasteiger charge is -2.14. The first-order chi connectivity index (χ1) is 7.93. The number of halogens is 1. The maximum absolute atomic E-state index is 13.2. The van der Waals surface area contributed by atoms with Gasteiger partial charge < -0.3 is 5.11 Å². The molecule has 2 amide bonds. The van der Waals surface area contributed by atoms with Crippen LogP contribution in [0.2, 0.25) is 0 Å². The minimum absolute atomic E-state index is 0.159. The number of hydrogen-bond donors (Lipinski definition) is 1. The SMILES string of the molecule is CC1C(=O)N(c2ccc(O)c(F)c2)C(=O)C1C. The molecular formula is C12H12FNO3. The van der Waals surface area contributed by atoms with Crippen molar-refractivity contribution in [3.8, 4) is 5.75 Å². The van der Waals surface area contributed by atoms with E-state index in [1.165, 1.54) is 6.07 Å². The second-order valence-corrected chi connectivity index (χ2v) is 4.22. The fraction of sp³-hybridized carbons (Fsp3) is 0.333. The summed E-state index contributed by atoms with van der Waals surface area (Å²) in [4.78, 5) is 24.7. The molecular weight excluding hydrogens is 225 g/mol. The van der Waals surface area contributed by atoms with Crippen molar-refractivity contribution in [2.75, 3.05) is 4.90 Å². The van der Waals surface area contributed by atoms with Crippen LogP contribution in [0.25, 0.3) is 0 Å². The number of benzene rings is 1. The van der Waals surface area contributed by atoms with Crippen LogP contribution in [0.3, 0.4) is 0 Å². The quantitative estimate of drug-likeness (QED) is 0.756. The fourth-order valence-corrected chi connectivity index (χ4v) is 1.83. The number of anilines is 1. The molecule has 1 aromatic carbocycles. The molecule has 1 N–H and O–H groups in total. The van der Waals surface area contributed by atoms with Crippen LogP contribution < -0.4 is 4.90 Å². The summed E-state index contributed by atoms with van der Waals surface area (Å²) < 4.78 is 13.2. The number of carbonyl (C=O) groups excluding carboxylic acids is 2. The highest BCUT2D eigenvalue weighted by Crippen LogP contribution is 2.32. The Morgan fingerprint density at radius 1 is 1.18 bits per heavy atom. The monoisotopic (exact) mass is 237 g/mol. The number of phenolic OH excluding ortho intramolecular Hbond substituents is 1. The van der Waals surface area contributed by atoms with Gasteiger partial charge in [0.25, 0.3) is 0 Å². The summed E-state index contributed by atoms with van der Waals surface area (Å²) in [6, 6.07) is 3.45. The first kappa shape index (κ1) is 11.6. The van der Waals surface area contributed by atoms with Crippen LogP contribution in [0.15, 0.2) is 18.2 Å². The maximum Gasteiger partial charge on any atom is 0.237 e. The Hall–Kier alpha value is -1.91. The van der Waals surface area contributed by atoms with Gasteiger partial charge in [0, 0.05) is 17.9 Å². The van der Waals surface area contributed by atoms with Crippen molar-refractivity contribution in [2.45, 2.75) is 13.8 Å². The van der Waals surface area contributed by atoms with Crippen LogP contribution in [0, 0.1) is 17.7 Å². The van der Waals surface area contributed by atoms with E-state index in [4.69, 9.17) is 5.11 Å². The van der Waals surface area contributed by atoms with E-state index < -0.39 is 23.4 Å². The van der Waals surface area contributed by atoms with Crippen LogP contribution in [-0.4, -0.2) is 16.9 Å². The van der Waals surface area contributed by atoms with Crippen molar-refractivity contribution >= 4 is 17.5 Å². The van der Waals surface area contributed by atoms with Gasteiger partial charge in [0.05, 0.1) is 5.69 Å². The molecule has 1 aliphatic rings. The predicted octanol–water partition coefficient (Wildman–Crippen LogP) is 1.68. The molecule has 90 valence electrons. The Labute approximate surface area is 97.7 Å². The molecule has 1 aromatic rings. The molecule has 1 saturated heterocycles. The molecule has 5 heteroatoms. The van der Waals surface area contributed by atoms with Crippen LogP contribution in [-0.2, 0) is 9.59 Å². The third-order valence-corrected chi connectivity index (χ3v) is 3.16. The molecule has 17 heavy (non-hydrogen) atoms. The number of imide groups is 1. The summed E-state index contributed by atoms with van der Waals surface area (Å²) in [7, 11) is 0. The summed E-state index contributed by atoms with van der Waals surface area (Å²) in [5, 5.41) is 9.06. The van der Waals surface area contributed by atoms with Crippen LogP contribution in [0.5, 0.6) is 5.75 Å². The lowest BCUT2D eigenvalue weighted by molar-refractivity contribution is -0.122. The zero-order chi connectivity index (χ0) is 12.7. The molecule has 1 fully saturated rings. The number of phenols is 1. The predicted molar refractivity (Wildman–Crippen MR) is 58.9 cm³/mol. The van der Waals surface area contributed by atoms with E-state index in [0.29, 0.717) is 0 Å². The highest BCUT2D eigenvalue weighted by molar-refractivity contribution is 6.21. The smallest absolute Gasteiger partial charge is 0.237 e. The largest absolute Gasteiger partial charge is 0.505 e. The first-order valence-corrected chi connectivity index (χ1v) is 5.30. The third kappa shape index (κ3) is 1.67.